The molecule has 0 unspecified atom stereocenters. The van der Waals surface area contributed by atoms with E-state index in [9.17, 15) is 14.4 Å². The van der Waals surface area contributed by atoms with Crippen LogP contribution in [-0.4, -0.2) is 30.3 Å². The van der Waals surface area contributed by atoms with Crippen molar-refractivity contribution in [2.75, 3.05) is 16.8 Å². The number of amides is 3. The molecule has 0 aromatic heterocycles. The molecule has 0 bridgehead atoms. The molecule has 0 atom stereocenters. The second-order valence-electron chi connectivity index (χ2n) is 6.09. The molecule has 1 aromatic rings. The van der Waals surface area contributed by atoms with Crippen LogP contribution in [0.15, 0.2) is 18.2 Å². The Morgan fingerprint density at radius 2 is 1.91 bits per heavy atom. The Morgan fingerprint density at radius 3 is 2.57 bits per heavy atom. The summed E-state index contributed by atoms with van der Waals surface area (Å²) in [4.78, 5) is 37.4. The zero-order valence-electron chi connectivity index (χ0n) is 13.8. The van der Waals surface area contributed by atoms with Gasteiger partial charge in [0.05, 0.1) is 0 Å². The first-order valence-electron chi connectivity index (χ1n) is 7.91. The molecule has 2 N–H and O–H groups in total. The minimum absolute atomic E-state index is 0.0976. The van der Waals surface area contributed by atoms with Gasteiger partial charge in [0.2, 0.25) is 5.91 Å². The summed E-state index contributed by atoms with van der Waals surface area (Å²) in [7, 11) is 0. The molecule has 1 fully saturated rings. The molecule has 124 valence electrons. The van der Waals surface area contributed by atoms with E-state index in [0.29, 0.717) is 18.7 Å². The summed E-state index contributed by atoms with van der Waals surface area (Å²) < 4.78 is 0. The van der Waals surface area contributed by atoms with Crippen LogP contribution in [0.3, 0.4) is 0 Å². The van der Waals surface area contributed by atoms with Gasteiger partial charge in [-0.05, 0) is 51.3 Å². The van der Waals surface area contributed by atoms with E-state index in [0.717, 1.165) is 24.1 Å². The third kappa shape index (κ3) is 4.31. The second-order valence-corrected chi connectivity index (χ2v) is 6.09. The Kier molecular flexibility index (Phi) is 5.36. The van der Waals surface area contributed by atoms with E-state index < -0.39 is 11.8 Å². The predicted octanol–water partition coefficient (Wildman–Crippen LogP) is 1.98. The molecule has 0 saturated carbocycles. The molecule has 1 heterocycles. The van der Waals surface area contributed by atoms with E-state index in [2.05, 4.69) is 10.6 Å². The zero-order valence-corrected chi connectivity index (χ0v) is 13.8. The quantitative estimate of drug-likeness (QED) is 0.837. The zero-order chi connectivity index (χ0) is 17.0. The molecule has 6 heteroatoms. The average molecular weight is 317 g/mol. The predicted molar refractivity (Wildman–Crippen MR) is 89.3 cm³/mol. The molecule has 3 amide bonds. The maximum Gasteiger partial charge on any atom is 0.313 e. The molecule has 1 aliphatic heterocycles. The van der Waals surface area contributed by atoms with Crippen molar-refractivity contribution in [2.24, 2.45) is 0 Å². The van der Waals surface area contributed by atoms with Crippen molar-refractivity contribution >= 4 is 29.1 Å². The molecular formula is C17H23N3O3. The van der Waals surface area contributed by atoms with Gasteiger partial charge in [0, 0.05) is 30.4 Å². The van der Waals surface area contributed by atoms with E-state index in [1.807, 2.05) is 13.0 Å². The number of hydrogen-bond donors (Lipinski definition) is 2. The van der Waals surface area contributed by atoms with Gasteiger partial charge >= 0.3 is 11.8 Å². The summed E-state index contributed by atoms with van der Waals surface area (Å²) in [5.74, 6) is -1.28. The lowest BCUT2D eigenvalue weighted by atomic mass is 10.1. The van der Waals surface area contributed by atoms with Crippen molar-refractivity contribution in [3.8, 4) is 0 Å². The number of carbonyl (C=O) groups excluding carboxylic acids is 3. The molecule has 0 radical (unpaired) electrons. The van der Waals surface area contributed by atoms with Gasteiger partial charge in [-0.3, -0.25) is 14.4 Å². The van der Waals surface area contributed by atoms with Crippen LogP contribution in [0.4, 0.5) is 11.4 Å². The number of nitrogens with zero attached hydrogens (tertiary/aromatic N) is 1. The highest BCUT2D eigenvalue weighted by molar-refractivity contribution is 6.39. The van der Waals surface area contributed by atoms with Gasteiger partial charge in [0.25, 0.3) is 0 Å². The molecule has 2 rings (SSSR count). The molecule has 0 aliphatic carbocycles. The topological polar surface area (TPSA) is 78.5 Å². The minimum atomic E-state index is -0.710. The molecule has 1 saturated heterocycles. The van der Waals surface area contributed by atoms with Crippen molar-refractivity contribution in [3.63, 3.8) is 0 Å². The summed E-state index contributed by atoms with van der Waals surface area (Å²) in [5, 5.41) is 5.12. The standard InChI is InChI=1S/C17H23N3O3/c1-11(2)18-16(22)17(23)19-13-8-7-12(3)14(10-13)20-9-5-4-6-15(20)21/h7-8,10-11H,4-6,9H2,1-3H3,(H,18,22)(H,19,23). The first kappa shape index (κ1) is 17.0. The molecule has 1 aromatic carbocycles. The van der Waals surface area contributed by atoms with Gasteiger partial charge in [-0.15, -0.1) is 0 Å². The molecular weight excluding hydrogens is 294 g/mol. The fraction of sp³-hybridized carbons (Fsp3) is 0.471. The highest BCUT2D eigenvalue weighted by Crippen LogP contribution is 2.27. The number of nitrogens with one attached hydrogen (secondary N) is 2. The third-order valence-corrected chi connectivity index (χ3v) is 3.71. The van der Waals surface area contributed by atoms with Gasteiger partial charge in [0.15, 0.2) is 0 Å². The number of hydrogen-bond acceptors (Lipinski definition) is 3. The van der Waals surface area contributed by atoms with E-state index >= 15 is 0 Å². The van der Waals surface area contributed by atoms with E-state index in [1.165, 1.54) is 0 Å². The minimum Gasteiger partial charge on any atom is -0.346 e. The Bertz CT molecular complexity index is 626. The van der Waals surface area contributed by atoms with E-state index in [4.69, 9.17) is 0 Å². The van der Waals surface area contributed by atoms with Crippen molar-refractivity contribution in [2.45, 2.75) is 46.1 Å². The van der Waals surface area contributed by atoms with E-state index in [-0.39, 0.29) is 11.9 Å². The van der Waals surface area contributed by atoms with Crippen molar-refractivity contribution in [1.82, 2.24) is 5.32 Å². The number of aryl methyl sites for hydroxylation is 1. The van der Waals surface area contributed by atoms with Crippen molar-refractivity contribution in [3.05, 3.63) is 23.8 Å². The first-order chi connectivity index (χ1) is 10.9. The Hall–Kier alpha value is -2.37. The lowest BCUT2D eigenvalue weighted by Gasteiger charge is -2.28. The number of carbonyl (C=O) groups is 3. The first-order valence-corrected chi connectivity index (χ1v) is 7.91. The van der Waals surface area contributed by atoms with Gasteiger partial charge in [0.1, 0.15) is 0 Å². The lowest BCUT2D eigenvalue weighted by Crippen LogP contribution is -2.39. The largest absolute Gasteiger partial charge is 0.346 e. The lowest BCUT2D eigenvalue weighted by molar-refractivity contribution is -0.136. The molecule has 23 heavy (non-hydrogen) atoms. The SMILES string of the molecule is Cc1ccc(NC(=O)C(=O)NC(C)C)cc1N1CCCCC1=O. The van der Waals surface area contributed by atoms with Crippen LogP contribution in [0.1, 0.15) is 38.7 Å². The van der Waals surface area contributed by atoms with Crippen LogP contribution in [0.5, 0.6) is 0 Å². The summed E-state index contributed by atoms with van der Waals surface area (Å²) >= 11 is 0. The Balaban J connectivity index is 2.15. The fourth-order valence-corrected chi connectivity index (χ4v) is 2.55. The number of anilines is 2. The van der Waals surface area contributed by atoms with Crippen molar-refractivity contribution in [1.29, 1.82) is 0 Å². The highest BCUT2D eigenvalue weighted by atomic mass is 16.2. The molecule has 0 spiro atoms. The summed E-state index contributed by atoms with van der Waals surface area (Å²) in [6, 6.07) is 5.22. The van der Waals surface area contributed by atoms with Crippen LogP contribution >= 0.6 is 0 Å². The Labute approximate surface area is 136 Å². The smallest absolute Gasteiger partial charge is 0.313 e. The monoisotopic (exact) mass is 317 g/mol. The van der Waals surface area contributed by atoms with Gasteiger partial charge < -0.3 is 15.5 Å². The number of benzene rings is 1. The van der Waals surface area contributed by atoms with Crippen molar-refractivity contribution < 1.29 is 14.4 Å². The van der Waals surface area contributed by atoms with Crippen LogP contribution in [0.25, 0.3) is 0 Å². The van der Waals surface area contributed by atoms with Gasteiger partial charge in [-0.25, -0.2) is 0 Å². The third-order valence-electron chi connectivity index (χ3n) is 3.71. The number of piperidine rings is 1. The normalized spacial score (nSPS) is 14.8. The van der Waals surface area contributed by atoms with E-state index in [1.54, 1.807) is 30.9 Å². The van der Waals surface area contributed by atoms with Crippen LogP contribution in [0.2, 0.25) is 0 Å². The van der Waals surface area contributed by atoms with Gasteiger partial charge in [-0.1, -0.05) is 6.07 Å². The second kappa shape index (κ2) is 7.26. The molecule has 1 aliphatic rings. The van der Waals surface area contributed by atoms with Crippen LogP contribution in [-0.2, 0) is 14.4 Å². The number of rotatable bonds is 3. The fourth-order valence-electron chi connectivity index (χ4n) is 2.55. The average Bonchev–Trinajstić information content (AvgIpc) is 2.49. The van der Waals surface area contributed by atoms with Crippen LogP contribution in [0, 0.1) is 6.92 Å². The molecule has 6 nitrogen and oxygen atoms in total. The maximum absolute atomic E-state index is 12.1. The van der Waals surface area contributed by atoms with Crippen LogP contribution < -0.4 is 15.5 Å². The highest BCUT2D eigenvalue weighted by Gasteiger charge is 2.22. The maximum atomic E-state index is 12.1. The summed E-state index contributed by atoms with van der Waals surface area (Å²) in [5.41, 5.74) is 2.26. The Morgan fingerprint density at radius 1 is 1.17 bits per heavy atom. The summed E-state index contributed by atoms with van der Waals surface area (Å²) in [6.07, 6.45) is 2.44. The summed E-state index contributed by atoms with van der Waals surface area (Å²) in [6.45, 7) is 6.19. The van der Waals surface area contributed by atoms with Gasteiger partial charge in [-0.2, -0.15) is 0 Å².